The molecule has 0 atom stereocenters. The molecule has 0 saturated heterocycles. The van der Waals surface area contributed by atoms with Crippen molar-refractivity contribution in [3.05, 3.63) is 48.3 Å². The second-order valence-electron chi connectivity index (χ2n) is 9.22. The normalized spacial score (nSPS) is 29.7. The Kier molecular flexibility index (Phi) is 5.19. The molecular weight excluding hydrogens is 396 g/mol. The number of rotatable bonds is 7. The van der Waals surface area contributed by atoms with Gasteiger partial charge in [0.15, 0.2) is 0 Å². The maximum atomic E-state index is 12.4. The molecule has 3 N–H and O–H groups in total. The van der Waals surface area contributed by atoms with Crippen LogP contribution in [0.4, 0.5) is 11.4 Å². The Bertz CT molecular complexity index is 981. The lowest BCUT2D eigenvalue weighted by molar-refractivity contribution is 0.00756. The van der Waals surface area contributed by atoms with Crippen LogP contribution < -0.4 is 15.4 Å². The van der Waals surface area contributed by atoms with Gasteiger partial charge in [-0.3, -0.25) is 4.98 Å². The van der Waals surface area contributed by atoms with Crippen LogP contribution in [-0.2, 0) is 16.6 Å². The van der Waals surface area contributed by atoms with Crippen LogP contribution in [0.5, 0.6) is 0 Å². The molecule has 1 heterocycles. The van der Waals surface area contributed by atoms with E-state index in [2.05, 4.69) is 20.3 Å². The molecule has 2 aromatic rings. The van der Waals surface area contributed by atoms with E-state index in [0.29, 0.717) is 12.6 Å². The summed E-state index contributed by atoms with van der Waals surface area (Å²) in [5.74, 6) is 3.35. The monoisotopic (exact) mass is 426 g/mol. The Hall–Kier alpha value is -2.12. The molecule has 0 aliphatic heterocycles. The number of anilines is 2. The molecule has 4 fully saturated rings. The number of hydrogen-bond acceptors (Lipinski definition) is 5. The van der Waals surface area contributed by atoms with Crippen molar-refractivity contribution in [2.24, 2.45) is 23.7 Å². The highest BCUT2D eigenvalue weighted by Crippen LogP contribution is 2.54. The van der Waals surface area contributed by atoms with Crippen LogP contribution in [0.2, 0.25) is 0 Å². The lowest BCUT2D eigenvalue weighted by Gasteiger charge is -2.54. The Morgan fingerprint density at radius 1 is 0.933 bits per heavy atom. The van der Waals surface area contributed by atoms with Crippen molar-refractivity contribution in [3.63, 3.8) is 0 Å². The van der Waals surface area contributed by atoms with Crippen LogP contribution in [0.15, 0.2) is 47.6 Å². The highest BCUT2D eigenvalue weighted by Gasteiger charge is 2.48. The van der Waals surface area contributed by atoms with Gasteiger partial charge in [0, 0.05) is 25.0 Å². The third-order valence-corrected chi connectivity index (χ3v) is 8.76. The summed E-state index contributed by atoms with van der Waals surface area (Å²) >= 11 is 0. The maximum absolute atomic E-state index is 12.4. The van der Waals surface area contributed by atoms with Crippen LogP contribution in [0.1, 0.15) is 37.7 Å². The van der Waals surface area contributed by atoms with E-state index in [1.165, 1.54) is 39.2 Å². The number of sulfonamides is 1. The van der Waals surface area contributed by atoms with Gasteiger partial charge in [-0.25, -0.2) is 13.1 Å². The zero-order valence-electron chi connectivity index (χ0n) is 17.3. The second-order valence-corrected chi connectivity index (χ2v) is 11.1. The van der Waals surface area contributed by atoms with Crippen LogP contribution in [0.25, 0.3) is 0 Å². The van der Waals surface area contributed by atoms with E-state index in [1.807, 2.05) is 18.2 Å². The average molecular weight is 427 g/mol. The fourth-order valence-corrected chi connectivity index (χ4v) is 6.87. The second kappa shape index (κ2) is 7.85. The Morgan fingerprint density at radius 2 is 1.60 bits per heavy atom. The summed E-state index contributed by atoms with van der Waals surface area (Å²) in [7, 11) is -2.05. The molecule has 4 bridgehead atoms. The van der Waals surface area contributed by atoms with E-state index in [1.54, 1.807) is 24.5 Å². The van der Waals surface area contributed by atoms with Crippen molar-refractivity contribution in [3.8, 4) is 0 Å². The van der Waals surface area contributed by atoms with Gasteiger partial charge >= 0.3 is 0 Å². The lowest BCUT2D eigenvalue weighted by Crippen LogP contribution is -2.51. The van der Waals surface area contributed by atoms with Crippen LogP contribution in [0.3, 0.4) is 0 Å². The minimum atomic E-state index is -3.50. The van der Waals surface area contributed by atoms with Gasteiger partial charge in [0.1, 0.15) is 0 Å². The molecule has 4 aliphatic carbocycles. The Labute approximate surface area is 178 Å². The predicted octanol–water partition coefficient (Wildman–Crippen LogP) is 3.84. The molecule has 7 heteroatoms. The summed E-state index contributed by atoms with van der Waals surface area (Å²) < 4.78 is 27.1. The zero-order chi connectivity index (χ0) is 20.7. The summed E-state index contributed by atoms with van der Waals surface area (Å²) in [6, 6.07) is 9.78. The quantitative estimate of drug-likeness (QED) is 0.627. The van der Waals surface area contributed by atoms with E-state index in [9.17, 15) is 8.42 Å². The van der Waals surface area contributed by atoms with Gasteiger partial charge in [-0.1, -0.05) is 0 Å². The first-order valence-corrected chi connectivity index (χ1v) is 12.5. The number of hydrogen-bond donors (Lipinski definition) is 3. The lowest BCUT2D eigenvalue weighted by atomic mass is 9.54. The van der Waals surface area contributed by atoms with Gasteiger partial charge in [-0.2, -0.15) is 0 Å². The van der Waals surface area contributed by atoms with E-state index < -0.39 is 10.0 Å². The molecule has 1 aromatic carbocycles. The Morgan fingerprint density at radius 3 is 2.23 bits per heavy atom. The van der Waals surface area contributed by atoms with Gasteiger partial charge in [-0.05, 0) is 98.7 Å². The molecule has 160 valence electrons. The predicted molar refractivity (Wildman–Crippen MR) is 119 cm³/mol. The van der Waals surface area contributed by atoms with Crippen LogP contribution >= 0.6 is 0 Å². The third kappa shape index (κ3) is 3.81. The molecule has 30 heavy (non-hydrogen) atoms. The summed E-state index contributed by atoms with van der Waals surface area (Å²) in [4.78, 5) is 4.34. The highest BCUT2D eigenvalue weighted by atomic mass is 32.2. The third-order valence-electron chi connectivity index (χ3n) is 7.35. The molecule has 0 unspecified atom stereocenters. The van der Waals surface area contributed by atoms with E-state index in [0.717, 1.165) is 40.6 Å². The standard InChI is InChI=1S/C23H30N4O2S/c1-24-30(28,29)20-2-3-21(22(13-20)26-14-15-4-6-25-7-5-15)27-23-18-9-16-8-17(11-18)12-19(23)10-16/h2-7,13,16-19,23-24,26-27H,8-12,14H2,1H3. The number of pyridine rings is 1. The molecular formula is C23H30N4O2S. The van der Waals surface area contributed by atoms with E-state index in [4.69, 9.17) is 0 Å². The first-order chi connectivity index (χ1) is 14.5. The number of benzene rings is 1. The van der Waals surface area contributed by atoms with Crippen molar-refractivity contribution < 1.29 is 8.42 Å². The van der Waals surface area contributed by atoms with Crippen LogP contribution in [0, 0.1) is 23.7 Å². The topological polar surface area (TPSA) is 83.1 Å². The van der Waals surface area contributed by atoms with Crippen LogP contribution in [-0.4, -0.2) is 26.5 Å². The number of aromatic nitrogens is 1. The molecule has 0 spiro atoms. The molecule has 6 nitrogen and oxygen atoms in total. The number of nitrogens with one attached hydrogen (secondary N) is 3. The smallest absolute Gasteiger partial charge is 0.240 e. The number of nitrogens with zero attached hydrogens (tertiary/aromatic N) is 1. The minimum absolute atomic E-state index is 0.276. The first kappa shape index (κ1) is 19.8. The SMILES string of the molecule is CNS(=O)(=O)c1ccc(NC2C3CC4CC(C3)CC2C4)c(NCc2ccncc2)c1. The van der Waals surface area contributed by atoms with Crippen molar-refractivity contribution in [2.45, 2.75) is 49.6 Å². The summed E-state index contributed by atoms with van der Waals surface area (Å²) in [6.45, 7) is 0.613. The molecule has 1 aromatic heterocycles. The molecule has 4 aliphatic rings. The highest BCUT2D eigenvalue weighted by molar-refractivity contribution is 7.89. The van der Waals surface area contributed by atoms with Crippen molar-refractivity contribution in [2.75, 3.05) is 17.7 Å². The first-order valence-electron chi connectivity index (χ1n) is 11.0. The summed E-state index contributed by atoms with van der Waals surface area (Å²) in [6.07, 6.45) is 10.4. The molecule has 0 amide bonds. The summed E-state index contributed by atoms with van der Waals surface area (Å²) in [5, 5.41) is 7.29. The van der Waals surface area contributed by atoms with Crippen molar-refractivity contribution in [1.82, 2.24) is 9.71 Å². The fraction of sp³-hybridized carbons (Fsp3) is 0.522. The van der Waals surface area contributed by atoms with Gasteiger partial charge in [0.2, 0.25) is 10.0 Å². The van der Waals surface area contributed by atoms with Gasteiger partial charge in [0.05, 0.1) is 16.3 Å². The van der Waals surface area contributed by atoms with Crippen molar-refractivity contribution in [1.29, 1.82) is 0 Å². The minimum Gasteiger partial charge on any atom is -0.380 e. The van der Waals surface area contributed by atoms with Crippen molar-refractivity contribution >= 4 is 21.4 Å². The van der Waals surface area contributed by atoms with E-state index >= 15 is 0 Å². The zero-order valence-corrected chi connectivity index (χ0v) is 18.2. The van der Waals surface area contributed by atoms with Gasteiger partial charge < -0.3 is 10.6 Å². The van der Waals surface area contributed by atoms with Gasteiger partial charge in [0.25, 0.3) is 0 Å². The largest absolute Gasteiger partial charge is 0.380 e. The maximum Gasteiger partial charge on any atom is 0.240 e. The average Bonchev–Trinajstić information content (AvgIpc) is 2.75. The summed E-state index contributed by atoms with van der Waals surface area (Å²) in [5.41, 5.74) is 2.93. The molecule has 0 radical (unpaired) electrons. The fourth-order valence-electron chi connectivity index (χ4n) is 6.12. The molecule has 6 rings (SSSR count). The van der Waals surface area contributed by atoms with Gasteiger partial charge in [-0.15, -0.1) is 0 Å². The van der Waals surface area contributed by atoms with E-state index in [-0.39, 0.29) is 4.90 Å². The molecule has 4 saturated carbocycles. The Balaban J connectivity index is 1.41.